The fraction of sp³-hybridized carbons (Fsp3) is 0.476. The molecule has 1 fully saturated rings. The first kappa shape index (κ1) is 23.0. The molecule has 0 saturated carbocycles. The van der Waals surface area contributed by atoms with E-state index in [4.69, 9.17) is 4.74 Å². The van der Waals surface area contributed by atoms with Crippen LogP contribution in [0.1, 0.15) is 35.2 Å². The number of carbonyl (C=O) groups excluding carboxylic acids is 2. The third kappa shape index (κ3) is 5.50. The van der Waals surface area contributed by atoms with Gasteiger partial charge in [0.2, 0.25) is 15.9 Å². The van der Waals surface area contributed by atoms with Crippen molar-refractivity contribution in [1.29, 1.82) is 0 Å². The van der Waals surface area contributed by atoms with E-state index in [1.807, 2.05) is 17.8 Å². The zero-order valence-corrected chi connectivity index (χ0v) is 18.6. The molecule has 1 N–H and O–H groups in total. The van der Waals surface area contributed by atoms with Crippen molar-refractivity contribution < 1.29 is 22.7 Å². The molecule has 1 aliphatic rings. The maximum absolute atomic E-state index is 13.1. The quantitative estimate of drug-likeness (QED) is 0.485. The van der Waals surface area contributed by atoms with Crippen molar-refractivity contribution in [3.05, 3.63) is 47.8 Å². The van der Waals surface area contributed by atoms with Crippen LogP contribution < -0.4 is 5.32 Å². The second kappa shape index (κ2) is 10.1. The molecule has 0 spiro atoms. The number of aryl methyl sites for hydroxylation is 2. The van der Waals surface area contributed by atoms with Crippen LogP contribution in [0.25, 0.3) is 0 Å². The van der Waals surface area contributed by atoms with E-state index in [1.165, 1.54) is 23.5 Å². The number of benzene rings is 1. The lowest BCUT2D eigenvalue weighted by atomic mass is 9.97. The number of nitrogens with one attached hydrogen (secondary N) is 1. The molecule has 9 nitrogen and oxygen atoms in total. The number of rotatable bonds is 8. The van der Waals surface area contributed by atoms with Gasteiger partial charge in [-0.3, -0.25) is 9.48 Å². The number of aromatic nitrogens is 2. The van der Waals surface area contributed by atoms with Gasteiger partial charge in [0.1, 0.15) is 0 Å². The minimum absolute atomic E-state index is 0.0113. The molecule has 1 aliphatic heterocycles. The van der Waals surface area contributed by atoms with E-state index in [2.05, 4.69) is 10.4 Å². The molecule has 2 heterocycles. The third-order valence-electron chi connectivity index (χ3n) is 5.36. The van der Waals surface area contributed by atoms with Crippen LogP contribution in [0.5, 0.6) is 0 Å². The first-order valence-electron chi connectivity index (χ1n) is 10.3. The molecule has 1 aromatic carbocycles. The van der Waals surface area contributed by atoms with Gasteiger partial charge < -0.3 is 10.1 Å². The van der Waals surface area contributed by atoms with E-state index in [0.29, 0.717) is 19.4 Å². The standard InChI is InChI=1S/C21H28N4O5S/c1-16-14-23-24(15-16)11-5-10-22-20(26)17-8-12-25(13-9-17)31(28,29)19-7-4-3-6-18(19)21(27)30-2/h3-4,6-7,14-15,17H,5,8-13H2,1-2H3,(H,22,26). The lowest BCUT2D eigenvalue weighted by Crippen LogP contribution is -2.43. The Kier molecular flexibility index (Phi) is 7.45. The Morgan fingerprint density at radius 1 is 1.23 bits per heavy atom. The fourth-order valence-electron chi connectivity index (χ4n) is 3.65. The Hall–Kier alpha value is -2.72. The van der Waals surface area contributed by atoms with Crippen LogP contribution in [0.4, 0.5) is 0 Å². The average molecular weight is 449 g/mol. The first-order chi connectivity index (χ1) is 14.8. The monoisotopic (exact) mass is 448 g/mol. The van der Waals surface area contributed by atoms with Crippen molar-refractivity contribution in [2.24, 2.45) is 5.92 Å². The van der Waals surface area contributed by atoms with Gasteiger partial charge in [-0.2, -0.15) is 9.40 Å². The second-order valence-electron chi connectivity index (χ2n) is 7.59. The summed E-state index contributed by atoms with van der Waals surface area (Å²) in [6, 6.07) is 6.00. The summed E-state index contributed by atoms with van der Waals surface area (Å²) in [5, 5.41) is 7.15. The van der Waals surface area contributed by atoms with Crippen LogP contribution in [0.2, 0.25) is 0 Å². The van der Waals surface area contributed by atoms with Gasteiger partial charge >= 0.3 is 5.97 Å². The molecule has 1 amide bonds. The normalized spacial score (nSPS) is 15.5. The predicted molar refractivity (Wildman–Crippen MR) is 114 cm³/mol. The minimum atomic E-state index is -3.86. The maximum Gasteiger partial charge on any atom is 0.339 e. The Bertz CT molecular complexity index is 1030. The molecule has 0 bridgehead atoms. The highest BCUT2D eigenvalue weighted by atomic mass is 32.2. The summed E-state index contributed by atoms with van der Waals surface area (Å²) in [6.45, 7) is 3.70. The number of carbonyl (C=O) groups is 2. The zero-order chi connectivity index (χ0) is 22.4. The summed E-state index contributed by atoms with van der Waals surface area (Å²) in [5.74, 6) is -0.975. The van der Waals surface area contributed by atoms with Gasteiger partial charge in [-0.15, -0.1) is 0 Å². The van der Waals surface area contributed by atoms with Gasteiger partial charge in [0.25, 0.3) is 0 Å². The first-order valence-corrected chi connectivity index (χ1v) is 11.7. The van der Waals surface area contributed by atoms with Crippen molar-refractivity contribution >= 4 is 21.9 Å². The van der Waals surface area contributed by atoms with Gasteiger partial charge in [-0.25, -0.2) is 13.2 Å². The van der Waals surface area contributed by atoms with Gasteiger partial charge in [0.15, 0.2) is 0 Å². The largest absolute Gasteiger partial charge is 0.465 e. The molecule has 1 saturated heterocycles. The molecule has 10 heteroatoms. The zero-order valence-electron chi connectivity index (χ0n) is 17.8. The SMILES string of the molecule is COC(=O)c1ccccc1S(=O)(=O)N1CCC(C(=O)NCCCn2cc(C)cn2)CC1. The van der Waals surface area contributed by atoms with E-state index >= 15 is 0 Å². The van der Waals surface area contributed by atoms with Crippen molar-refractivity contribution in [1.82, 2.24) is 19.4 Å². The van der Waals surface area contributed by atoms with Crippen LogP contribution in [0.15, 0.2) is 41.6 Å². The van der Waals surface area contributed by atoms with E-state index < -0.39 is 16.0 Å². The molecule has 31 heavy (non-hydrogen) atoms. The van der Waals surface area contributed by atoms with Crippen molar-refractivity contribution in [2.75, 3.05) is 26.7 Å². The van der Waals surface area contributed by atoms with Gasteiger partial charge in [0.05, 0.1) is 23.8 Å². The van der Waals surface area contributed by atoms with Crippen molar-refractivity contribution in [3.8, 4) is 0 Å². The molecule has 168 valence electrons. The summed E-state index contributed by atoms with van der Waals surface area (Å²) in [4.78, 5) is 24.3. The lowest BCUT2D eigenvalue weighted by molar-refractivity contribution is -0.126. The second-order valence-corrected chi connectivity index (χ2v) is 9.50. The molecule has 0 radical (unpaired) electrons. The van der Waals surface area contributed by atoms with E-state index in [1.54, 1.807) is 18.3 Å². The summed E-state index contributed by atoms with van der Waals surface area (Å²) in [6.07, 6.45) is 5.39. The van der Waals surface area contributed by atoms with Crippen LogP contribution in [0.3, 0.4) is 0 Å². The molecule has 1 aromatic heterocycles. The smallest absolute Gasteiger partial charge is 0.339 e. The third-order valence-corrected chi connectivity index (χ3v) is 7.32. The molecular formula is C21H28N4O5S. The van der Waals surface area contributed by atoms with E-state index in [9.17, 15) is 18.0 Å². The van der Waals surface area contributed by atoms with Crippen LogP contribution >= 0.6 is 0 Å². The predicted octanol–water partition coefficient (Wildman–Crippen LogP) is 1.59. The number of amides is 1. The Balaban J connectivity index is 1.52. The molecular weight excluding hydrogens is 420 g/mol. The van der Waals surface area contributed by atoms with Crippen molar-refractivity contribution in [3.63, 3.8) is 0 Å². The fourth-order valence-corrected chi connectivity index (χ4v) is 5.30. The molecule has 3 rings (SSSR count). The molecule has 0 unspecified atom stereocenters. The molecule has 0 atom stereocenters. The number of methoxy groups -OCH3 is 1. The number of hydrogen-bond acceptors (Lipinski definition) is 6. The highest BCUT2D eigenvalue weighted by Crippen LogP contribution is 2.26. The molecule has 0 aliphatic carbocycles. The van der Waals surface area contributed by atoms with Gasteiger partial charge in [0, 0.05) is 38.3 Å². The Labute approximate surface area is 182 Å². The van der Waals surface area contributed by atoms with Gasteiger partial charge in [-0.1, -0.05) is 12.1 Å². The average Bonchev–Trinajstić information content (AvgIpc) is 3.21. The number of esters is 1. The summed E-state index contributed by atoms with van der Waals surface area (Å²) >= 11 is 0. The maximum atomic E-state index is 13.1. The lowest BCUT2D eigenvalue weighted by Gasteiger charge is -2.31. The number of sulfonamides is 1. The van der Waals surface area contributed by atoms with Crippen LogP contribution in [0, 0.1) is 12.8 Å². The van der Waals surface area contributed by atoms with E-state index in [0.717, 1.165) is 18.5 Å². The number of ether oxygens (including phenoxy) is 1. The highest BCUT2D eigenvalue weighted by molar-refractivity contribution is 7.89. The number of piperidine rings is 1. The Morgan fingerprint density at radius 3 is 2.58 bits per heavy atom. The highest BCUT2D eigenvalue weighted by Gasteiger charge is 2.34. The van der Waals surface area contributed by atoms with E-state index in [-0.39, 0.29) is 35.4 Å². The molecule has 2 aromatic rings. The van der Waals surface area contributed by atoms with Crippen LogP contribution in [-0.4, -0.2) is 61.1 Å². The van der Waals surface area contributed by atoms with Crippen LogP contribution in [-0.2, 0) is 26.1 Å². The number of hydrogen-bond donors (Lipinski definition) is 1. The summed E-state index contributed by atoms with van der Waals surface area (Å²) in [5.41, 5.74) is 1.11. The minimum Gasteiger partial charge on any atom is -0.465 e. The Morgan fingerprint density at radius 2 is 1.94 bits per heavy atom. The summed E-state index contributed by atoms with van der Waals surface area (Å²) in [7, 11) is -2.64. The number of nitrogens with zero attached hydrogens (tertiary/aromatic N) is 3. The summed E-state index contributed by atoms with van der Waals surface area (Å²) < 4.78 is 34.0. The topological polar surface area (TPSA) is 111 Å². The van der Waals surface area contributed by atoms with Crippen molar-refractivity contribution in [2.45, 2.75) is 37.6 Å². The van der Waals surface area contributed by atoms with Gasteiger partial charge in [-0.05, 0) is 43.9 Å².